The molecule has 1 aliphatic carbocycles. The second-order valence-corrected chi connectivity index (χ2v) is 9.00. The highest BCUT2D eigenvalue weighted by atomic mass is 19.4. The zero-order valence-electron chi connectivity index (χ0n) is 20.2. The molecule has 2 heterocycles. The van der Waals surface area contributed by atoms with Crippen molar-refractivity contribution in [3.63, 3.8) is 0 Å². The fraction of sp³-hybridized carbons (Fsp3) is 0.500. The van der Waals surface area contributed by atoms with Gasteiger partial charge in [0.15, 0.2) is 0 Å². The van der Waals surface area contributed by atoms with E-state index in [9.17, 15) is 28.1 Å². The van der Waals surface area contributed by atoms with Crippen LogP contribution in [0.25, 0.3) is 0 Å². The summed E-state index contributed by atoms with van der Waals surface area (Å²) in [6, 6.07) is 8.44. The molecule has 1 aromatic carbocycles. The number of methoxy groups -OCH3 is 1. The number of aromatic nitrogens is 1. The third-order valence-corrected chi connectivity index (χ3v) is 6.58. The summed E-state index contributed by atoms with van der Waals surface area (Å²) < 4.78 is 50.6. The molecule has 2 aliphatic rings. The number of piperazine rings is 1. The number of anilines is 2. The normalized spacial score (nSPS) is 20.3. The van der Waals surface area contributed by atoms with Crippen molar-refractivity contribution in [1.82, 2.24) is 9.88 Å². The van der Waals surface area contributed by atoms with Gasteiger partial charge in [0.2, 0.25) is 5.88 Å². The smallest absolute Gasteiger partial charge is 0.423 e. The Morgan fingerprint density at radius 1 is 1.11 bits per heavy atom. The number of ether oxygens (including phenoxy) is 2. The van der Waals surface area contributed by atoms with Crippen LogP contribution in [-0.2, 0) is 10.9 Å². The highest BCUT2D eigenvalue weighted by molar-refractivity contribution is 5.67. The average Bonchev–Trinajstić information content (AvgIpc) is 2.89. The van der Waals surface area contributed by atoms with Crippen LogP contribution in [0.15, 0.2) is 36.4 Å². The number of hydrogen-bond acceptors (Lipinski definition) is 8. The van der Waals surface area contributed by atoms with Gasteiger partial charge in [0, 0.05) is 50.0 Å². The van der Waals surface area contributed by atoms with Gasteiger partial charge in [-0.2, -0.15) is 18.2 Å². The lowest BCUT2D eigenvalue weighted by Crippen LogP contribution is -2.49. The number of nitrogens with zero attached hydrogens (tertiary/aromatic N) is 4. The zero-order valence-corrected chi connectivity index (χ0v) is 20.2. The summed E-state index contributed by atoms with van der Waals surface area (Å²) in [6.45, 7) is 2.33. The number of hydrogen-bond donors (Lipinski definition) is 1. The number of benzene rings is 1. The molecule has 1 saturated carbocycles. The lowest BCUT2D eigenvalue weighted by atomic mass is 9.92. The van der Waals surface area contributed by atoms with Crippen LogP contribution in [0, 0.1) is 10.1 Å². The Kier molecular flexibility index (Phi) is 7.89. The van der Waals surface area contributed by atoms with E-state index in [1.54, 1.807) is 11.0 Å². The maximum absolute atomic E-state index is 13.3. The minimum absolute atomic E-state index is 0.0761. The van der Waals surface area contributed by atoms with Crippen LogP contribution >= 0.6 is 0 Å². The Morgan fingerprint density at radius 2 is 1.81 bits per heavy atom. The first-order valence-electron chi connectivity index (χ1n) is 12.0. The summed E-state index contributed by atoms with van der Waals surface area (Å²) in [5.41, 5.74) is -2.03. The molecule has 4 rings (SSSR count). The molecule has 1 saturated heterocycles. The van der Waals surface area contributed by atoms with E-state index in [1.807, 2.05) is 12.1 Å². The molecule has 0 bridgehead atoms. The van der Waals surface area contributed by atoms with Gasteiger partial charge >= 0.3 is 12.3 Å². The molecular formula is C24H28F3N5O5. The van der Waals surface area contributed by atoms with E-state index in [4.69, 9.17) is 9.47 Å². The van der Waals surface area contributed by atoms with Gasteiger partial charge in [-0.05, 0) is 43.9 Å². The van der Waals surface area contributed by atoms with Crippen molar-refractivity contribution in [1.29, 1.82) is 0 Å². The number of halogens is 3. The highest BCUT2D eigenvalue weighted by Gasteiger charge is 2.38. The van der Waals surface area contributed by atoms with E-state index in [0.717, 1.165) is 18.0 Å². The lowest BCUT2D eigenvalue weighted by Gasteiger charge is -2.34. The average molecular weight is 524 g/mol. The molecule has 10 nitrogen and oxygen atoms in total. The Balaban J connectivity index is 1.30. The summed E-state index contributed by atoms with van der Waals surface area (Å²) in [5.74, 6) is 1.26. The molecule has 0 radical (unpaired) electrons. The van der Waals surface area contributed by atoms with Crippen LogP contribution in [0.5, 0.6) is 5.88 Å². The summed E-state index contributed by atoms with van der Waals surface area (Å²) in [6.07, 6.45) is -2.55. The number of amides is 1. The third kappa shape index (κ3) is 6.52. The molecule has 1 aromatic heterocycles. The maximum Gasteiger partial charge on any atom is 0.423 e. The standard InChI is InChI=1S/C24H28F3N5O5/c1-36-23(33)31-13-11-30(12-14-31)21-3-2-4-22(29-21)37-18-8-5-16(6-9-18)28-17-7-10-20(32(34)35)19(15-17)24(25,26)27/h2-4,7,10,15-16,18,28H,5-6,8-9,11-14H2,1H3/t16-,18-. The first kappa shape index (κ1) is 26.3. The third-order valence-electron chi connectivity index (χ3n) is 6.58. The lowest BCUT2D eigenvalue weighted by molar-refractivity contribution is -0.388. The van der Waals surface area contributed by atoms with E-state index in [0.29, 0.717) is 57.7 Å². The molecule has 200 valence electrons. The Hall–Kier alpha value is -3.77. The first-order chi connectivity index (χ1) is 17.6. The Bertz CT molecular complexity index is 1120. The number of nitro benzene ring substituents is 1. The van der Waals surface area contributed by atoms with Gasteiger partial charge in [-0.3, -0.25) is 10.1 Å². The molecule has 37 heavy (non-hydrogen) atoms. The fourth-order valence-corrected chi connectivity index (χ4v) is 4.64. The van der Waals surface area contributed by atoms with Crippen LogP contribution in [-0.4, -0.2) is 66.3 Å². The van der Waals surface area contributed by atoms with Crippen molar-refractivity contribution in [3.8, 4) is 5.88 Å². The fourth-order valence-electron chi connectivity index (χ4n) is 4.64. The van der Waals surface area contributed by atoms with Gasteiger partial charge in [-0.15, -0.1) is 0 Å². The van der Waals surface area contributed by atoms with Crippen LogP contribution < -0.4 is 15.0 Å². The molecule has 2 aromatic rings. The van der Waals surface area contributed by atoms with Gasteiger partial charge < -0.3 is 24.6 Å². The SMILES string of the molecule is COC(=O)N1CCN(c2cccc(O[C@H]3CC[C@H](Nc4ccc([N+](=O)[O-])c(C(F)(F)F)c4)CC3)n2)CC1. The quantitative estimate of drug-likeness (QED) is 0.429. The summed E-state index contributed by atoms with van der Waals surface area (Å²) in [4.78, 5) is 29.9. The molecule has 2 fully saturated rings. The molecular weight excluding hydrogens is 495 g/mol. The van der Waals surface area contributed by atoms with Crippen molar-refractivity contribution >= 4 is 23.3 Å². The van der Waals surface area contributed by atoms with Crippen molar-refractivity contribution in [2.75, 3.05) is 43.5 Å². The summed E-state index contributed by atoms with van der Waals surface area (Å²) in [5, 5.41) is 14.0. The Labute approximate surface area is 211 Å². The zero-order chi connectivity index (χ0) is 26.6. The minimum Gasteiger partial charge on any atom is -0.474 e. The number of pyridine rings is 1. The maximum atomic E-state index is 13.3. The van der Waals surface area contributed by atoms with E-state index >= 15 is 0 Å². The van der Waals surface area contributed by atoms with Gasteiger partial charge in [-0.25, -0.2) is 4.79 Å². The summed E-state index contributed by atoms with van der Waals surface area (Å²) in [7, 11) is 1.36. The van der Waals surface area contributed by atoms with Gasteiger partial charge in [0.05, 0.1) is 12.0 Å². The van der Waals surface area contributed by atoms with Gasteiger partial charge in [0.1, 0.15) is 17.5 Å². The molecule has 1 N–H and O–H groups in total. The number of carbonyl (C=O) groups excluding carboxylic acids is 1. The predicted octanol–water partition coefficient (Wildman–Crippen LogP) is 4.70. The Morgan fingerprint density at radius 3 is 2.43 bits per heavy atom. The van der Waals surface area contributed by atoms with Crippen LogP contribution in [0.1, 0.15) is 31.2 Å². The van der Waals surface area contributed by atoms with Crippen LogP contribution in [0.4, 0.5) is 35.2 Å². The molecule has 1 amide bonds. The number of nitro groups is 1. The van der Waals surface area contributed by atoms with Crippen LogP contribution in [0.2, 0.25) is 0 Å². The first-order valence-corrected chi connectivity index (χ1v) is 12.0. The molecule has 0 spiro atoms. The van der Waals surface area contributed by atoms with Crippen molar-refractivity contribution in [3.05, 3.63) is 52.1 Å². The number of alkyl halides is 3. The van der Waals surface area contributed by atoms with E-state index < -0.39 is 22.4 Å². The van der Waals surface area contributed by atoms with E-state index in [-0.39, 0.29) is 23.9 Å². The minimum atomic E-state index is -4.82. The van der Waals surface area contributed by atoms with Crippen molar-refractivity contribution < 1.29 is 32.4 Å². The number of nitrogens with one attached hydrogen (secondary N) is 1. The van der Waals surface area contributed by atoms with Crippen molar-refractivity contribution in [2.45, 2.75) is 44.0 Å². The molecule has 13 heteroatoms. The van der Waals surface area contributed by atoms with E-state index in [1.165, 1.54) is 13.2 Å². The monoisotopic (exact) mass is 523 g/mol. The molecule has 0 atom stereocenters. The van der Waals surface area contributed by atoms with Crippen molar-refractivity contribution in [2.24, 2.45) is 0 Å². The molecule has 1 aliphatic heterocycles. The second-order valence-electron chi connectivity index (χ2n) is 9.00. The second kappa shape index (κ2) is 11.1. The largest absolute Gasteiger partial charge is 0.474 e. The predicted molar refractivity (Wildman–Crippen MR) is 129 cm³/mol. The number of rotatable bonds is 6. The highest BCUT2D eigenvalue weighted by Crippen LogP contribution is 2.38. The van der Waals surface area contributed by atoms with Gasteiger partial charge in [0.25, 0.3) is 5.69 Å². The summed E-state index contributed by atoms with van der Waals surface area (Å²) >= 11 is 0. The van der Waals surface area contributed by atoms with E-state index in [2.05, 4.69) is 15.2 Å². The van der Waals surface area contributed by atoms with Crippen LogP contribution in [0.3, 0.4) is 0 Å². The number of carbonyl (C=O) groups is 1. The topological polar surface area (TPSA) is 110 Å². The molecule has 0 unspecified atom stereocenters. The van der Waals surface area contributed by atoms with Gasteiger partial charge in [-0.1, -0.05) is 6.07 Å².